The number of ketones is 2. The van der Waals surface area contributed by atoms with Gasteiger partial charge in [-0.25, -0.2) is 23.5 Å². The van der Waals surface area contributed by atoms with Crippen LogP contribution in [0, 0.1) is 11.6 Å². The standard InChI is InChI=1S/C22H27FN4O4.C18H21FN4O2/c1-3-12-31-22(29)27-10-8-15(9-11-27)25-19-7-5-16(21(24)26-19)20(28)17-13-14(23)4-6-18(17)30-2;1-25-15-4-2-11(19)10-14(15)17(24)13-3-5-16(23-18(13)20)22-12-6-8-21-9-7-12/h4-7,13,15H,3,8-12H2,1-2H3,(H3,24,25,26);2-5,10,12,21H,6-9H2,1H3,(H3,20,22,23). The summed E-state index contributed by atoms with van der Waals surface area (Å²) in [6, 6.07) is 14.5. The van der Waals surface area contributed by atoms with E-state index >= 15 is 0 Å². The van der Waals surface area contributed by atoms with Gasteiger partial charge < -0.3 is 46.5 Å². The molecule has 2 saturated heterocycles. The van der Waals surface area contributed by atoms with E-state index in [0.717, 1.165) is 57.3 Å². The van der Waals surface area contributed by atoms with Gasteiger partial charge in [0.25, 0.3) is 0 Å². The Bertz CT molecular complexity index is 2000. The number of piperidine rings is 2. The van der Waals surface area contributed by atoms with Crippen molar-refractivity contribution in [1.82, 2.24) is 20.2 Å². The summed E-state index contributed by atoms with van der Waals surface area (Å²) in [6.07, 6.45) is 4.00. The van der Waals surface area contributed by atoms with Crippen molar-refractivity contribution >= 4 is 40.9 Å². The summed E-state index contributed by atoms with van der Waals surface area (Å²) in [7, 11) is 2.84. The molecule has 0 saturated carbocycles. The van der Waals surface area contributed by atoms with Crippen LogP contribution in [0.25, 0.3) is 0 Å². The first-order valence-corrected chi connectivity index (χ1v) is 18.5. The van der Waals surface area contributed by atoms with Crippen LogP contribution in [0.4, 0.5) is 36.8 Å². The highest BCUT2D eigenvalue weighted by Crippen LogP contribution is 2.27. The number of ether oxygens (including phenoxy) is 3. The van der Waals surface area contributed by atoms with Gasteiger partial charge in [-0.15, -0.1) is 0 Å². The monoisotopic (exact) mass is 774 g/mol. The van der Waals surface area contributed by atoms with E-state index in [1.165, 1.54) is 38.5 Å². The van der Waals surface area contributed by atoms with E-state index in [1.54, 1.807) is 29.2 Å². The minimum Gasteiger partial charge on any atom is -0.496 e. The number of nitrogens with zero attached hydrogens (tertiary/aromatic N) is 3. The predicted molar refractivity (Wildman–Crippen MR) is 209 cm³/mol. The quantitative estimate of drug-likeness (QED) is 0.111. The summed E-state index contributed by atoms with van der Waals surface area (Å²) in [5.41, 5.74) is 12.6. The molecule has 1 amide bonds. The number of nitrogens with one attached hydrogen (secondary N) is 3. The Morgan fingerprint density at radius 3 is 1.62 bits per heavy atom. The number of rotatable bonds is 12. The maximum atomic E-state index is 13.6. The van der Waals surface area contributed by atoms with Crippen LogP contribution in [0.15, 0.2) is 60.7 Å². The lowest BCUT2D eigenvalue weighted by atomic mass is 10.0. The molecule has 0 atom stereocenters. The molecule has 4 aromatic rings. The number of anilines is 4. The highest BCUT2D eigenvalue weighted by atomic mass is 19.1. The minimum atomic E-state index is -0.543. The van der Waals surface area contributed by atoms with Gasteiger partial charge in [-0.05, 0) is 106 Å². The normalized spacial score (nSPS) is 14.6. The zero-order chi connectivity index (χ0) is 40.2. The lowest BCUT2D eigenvalue weighted by molar-refractivity contribution is 0.0938. The van der Waals surface area contributed by atoms with Gasteiger partial charge in [-0.3, -0.25) is 9.59 Å². The fourth-order valence-electron chi connectivity index (χ4n) is 6.37. The lowest BCUT2D eigenvalue weighted by Gasteiger charge is -2.32. The van der Waals surface area contributed by atoms with Gasteiger partial charge in [-0.1, -0.05) is 6.92 Å². The predicted octanol–water partition coefficient (Wildman–Crippen LogP) is 5.67. The molecule has 0 aliphatic carbocycles. The topological polar surface area (TPSA) is 196 Å². The van der Waals surface area contributed by atoms with Crippen LogP contribution >= 0.6 is 0 Å². The molecule has 298 valence electrons. The Morgan fingerprint density at radius 1 is 0.732 bits per heavy atom. The average Bonchev–Trinajstić information content (AvgIpc) is 3.20. The maximum absolute atomic E-state index is 13.6. The first kappa shape index (κ1) is 41.1. The maximum Gasteiger partial charge on any atom is 0.409 e. The first-order chi connectivity index (χ1) is 27.0. The van der Waals surface area contributed by atoms with Crippen LogP contribution < -0.4 is 36.9 Å². The second-order valence-corrected chi connectivity index (χ2v) is 13.3. The highest BCUT2D eigenvalue weighted by Gasteiger charge is 2.25. The number of nitrogen functional groups attached to an aromatic ring is 2. The fourth-order valence-corrected chi connectivity index (χ4v) is 6.37. The summed E-state index contributed by atoms with van der Waals surface area (Å²) in [5.74, 6) is -0.0724. The van der Waals surface area contributed by atoms with Crippen molar-refractivity contribution in [1.29, 1.82) is 0 Å². The van der Waals surface area contributed by atoms with Crippen molar-refractivity contribution in [3.8, 4) is 11.5 Å². The number of likely N-dealkylation sites (tertiary alicyclic amines) is 1. The molecule has 56 heavy (non-hydrogen) atoms. The van der Waals surface area contributed by atoms with Gasteiger partial charge >= 0.3 is 6.09 Å². The summed E-state index contributed by atoms with van der Waals surface area (Å²) in [4.78, 5) is 47.8. The van der Waals surface area contributed by atoms with Gasteiger partial charge in [0.15, 0.2) is 0 Å². The Balaban J connectivity index is 0.000000219. The molecule has 14 nitrogen and oxygen atoms in total. The number of carbonyl (C=O) groups excluding carboxylic acids is 3. The molecule has 6 rings (SSSR count). The summed E-state index contributed by atoms with van der Waals surface area (Å²) in [6.45, 7) is 5.48. The molecule has 0 unspecified atom stereocenters. The number of hydrogen-bond donors (Lipinski definition) is 5. The smallest absolute Gasteiger partial charge is 0.409 e. The van der Waals surface area contributed by atoms with Crippen molar-refractivity contribution in [2.75, 3.05) is 69.1 Å². The second kappa shape index (κ2) is 19.5. The van der Waals surface area contributed by atoms with Crippen molar-refractivity contribution in [2.24, 2.45) is 0 Å². The molecule has 2 aliphatic heterocycles. The van der Waals surface area contributed by atoms with Gasteiger partial charge in [0.2, 0.25) is 11.6 Å². The third kappa shape index (κ3) is 10.6. The summed E-state index contributed by atoms with van der Waals surface area (Å²) >= 11 is 0. The molecule has 2 aliphatic rings. The lowest BCUT2D eigenvalue weighted by Crippen LogP contribution is -2.42. The van der Waals surface area contributed by atoms with Crippen molar-refractivity contribution in [3.63, 3.8) is 0 Å². The molecule has 0 radical (unpaired) electrons. The number of halogens is 2. The molecular formula is C40H48F2N8O6. The Kier molecular flexibility index (Phi) is 14.3. The van der Waals surface area contributed by atoms with E-state index in [-0.39, 0.29) is 51.8 Å². The SMILES string of the molecule is CCCOC(=O)N1CCC(Nc2ccc(C(=O)c3cc(F)ccc3OC)c(N)n2)CC1.COc1ccc(F)cc1C(=O)c1ccc(NC2CCNCC2)nc1N. The summed E-state index contributed by atoms with van der Waals surface area (Å²) in [5, 5.41) is 9.93. The van der Waals surface area contributed by atoms with Gasteiger partial charge in [0, 0.05) is 25.2 Å². The van der Waals surface area contributed by atoms with Crippen LogP contribution in [-0.4, -0.2) is 91.6 Å². The van der Waals surface area contributed by atoms with E-state index in [4.69, 9.17) is 25.7 Å². The van der Waals surface area contributed by atoms with E-state index in [2.05, 4.69) is 25.9 Å². The molecular weight excluding hydrogens is 726 g/mol. The van der Waals surface area contributed by atoms with Crippen LogP contribution in [0.1, 0.15) is 70.9 Å². The van der Waals surface area contributed by atoms with Crippen molar-refractivity contribution < 1.29 is 37.4 Å². The van der Waals surface area contributed by atoms with E-state index in [0.29, 0.717) is 43.1 Å². The molecule has 2 aromatic heterocycles. The van der Waals surface area contributed by atoms with Gasteiger partial charge in [0.1, 0.15) is 46.4 Å². The molecule has 7 N–H and O–H groups in total. The number of pyridine rings is 2. The third-order valence-corrected chi connectivity index (χ3v) is 9.38. The molecule has 16 heteroatoms. The third-order valence-electron chi connectivity index (χ3n) is 9.38. The first-order valence-electron chi connectivity index (χ1n) is 18.5. The molecule has 4 heterocycles. The molecule has 0 bridgehead atoms. The average molecular weight is 775 g/mol. The van der Waals surface area contributed by atoms with Crippen molar-refractivity contribution in [2.45, 2.75) is 51.1 Å². The van der Waals surface area contributed by atoms with Crippen molar-refractivity contribution in [3.05, 3.63) is 94.6 Å². The van der Waals surface area contributed by atoms with Crippen LogP contribution in [0.5, 0.6) is 11.5 Å². The fraction of sp³-hybridized carbons (Fsp3) is 0.375. The number of methoxy groups -OCH3 is 2. The van der Waals surface area contributed by atoms with E-state index in [9.17, 15) is 23.2 Å². The van der Waals surface area contributed by atoms with E-state index in [1.807, 2.05) is 6.92 Å². The number of aromatic nitrogens is 2. The number of nitrogens with two attached hydrogens (primary N) is 2. The molecule has 2 aromatic carbocycles. The van der Waals surface area contributed by atoms with Gasteiger partial charge in [-0.2, -0.15) is 0 Å². The second-order valence-electron chi connectivity index (χ2n) is 13.3. The largest absolute Gasteiger partial charge is 0.496 e. The van der Waals surface area contributed by atoms with Crippen LogP contribution in [-0.2, 0) is 4.74 Å². The van der Waals surface area contributed by atoms with E-state index < -0.39 is 23.2 Å². The molecule has 2 fully saturated rings. The van der Waals surface area contributed by atoms with Gasteiger partial charge in [0.05, 0.1) is 43.1 Å². The number of hydrogen-bond acceptors (Lipinski definition) is 13. The highest BCUT2D eigenvalue weighted by molar-refractivity contribution is 6.14. The minimum absolute atomic E-state index is 0.0434. The molecule has 0 spiro atoms. The number of benzene rings is 2. The Morgan fingerprint density at radius 2 is 1.20 bits per heavy atom. The summed E-state index contributed by atoms with van der Waals surface area (Å²) < 4.78 is 42.6. The Hall–Kier alpha value is -6.03. The van der Waals surface area contributed by atoms with Crippen LogP contribution in [0.2, 0.25) is 0 Å². The Labute approximate surface area is 324 Å². The zero-order valence-corrected chi connectivity index (χ0v) is 31.7. The van der Waals surface area contributed by atoms with Crippen LogP contribution in [0.3, 0.4) is 0 Å². The zero-order valence-electron chi connectivity index (χ0n) is 31.7. The number of amides is 1. The number of carbonyl (C=O) groups is 3.